The first kappa shape index (κ1) is 19.3. The van der Waals surface area contributed by atoms with Crippen LogP contribution >= 0.6 is 0 Å². The van der Waals surface area contributed by atoms with Crippen LogP contribution in [0.15, 0.2) is 48.5 Å². The fourth-order valence-electron chi connectivity index (χ4n) is 2.45. The Morgan fingerprint density at radius 2 is 1.58 bits per heavy atom. The maximum atomic E-state index is 11.9. The maximum absolute atomic E-state index is 11.9. The molecule has 0 heterocycles. The summed E-state index contributed by atoms with van der Waals surface area (Å²) in [4.78, 5) is 23.8. The molecule has 0 saturated carbocycles. The molecule has 0 aliphatic heterocycles. The van der Waals surface area contributed by atoms with Gasteiger partial charge in [-0.2, -0.15) is 0 Å². The predicted molar refractivity (Wildman–Crippen MR) is 99.7 cm³/mol. The molecular weight excluding hydrogens is 332 g/mol. The number of ether oxygens (including phenoxy) is 2. The number of aryl methyl sites for hydroxylation is 1. The summed E-state index contributed by atoms with van der Waals surface area (Å²) in [6.07, 6.45) is 0.963. The van der Waals surface area contributed by atoms with E-state index in [-0.39, 0.29) is 11.8 Å². The number of hydrogen-bond donors (Lipinski definition) is 2. The molecular formula is C20H24N2O4. The summed E-state index contributed by atoms with van der Waals surface area (Å²) in [5.41, 5.74) is 1.60. The van der Waals surface area contributed by atoms with Crippen molar-refractivity contribution < 1.29 is 19.1 Å². The summed E-state index contributed by atoms with van der Waals surface area (Å²) in [6, 6.07) is 14.6. The van der Waals surface area contributed by atoms with Gasteiger partial charge in [-0.3, -0.25) is 9.59 Å². The van der Waals surface area contributed by atoms with E-state index in [9.17, 15) is 9.59 Å². The van der Waals surface area contributed by atoms with Crippen molar-refractivity contribution >= 4 is 11.8 Å². The molecule has 2 N–H and O–H groups in total. The van der Waals surface area contributed by atoms with Crippen molar-refractivity contribution in [2.45, 2.75) is 12.8 Å². The molecule has 0 spiro atoms. The van der Waals surface area contributed by atoms with E-state index >= 15 is 0 Å². The van der Waals surface area contributed by atoms with Gasteiger partial charge in [0.2, 0.25) is 5.91 Å². The molecule has 0 unspecified atom stereocenters. The van der Waals surface area contributed by atoms with Crippen LogP contribution in [-0.2, 0) is 11.2 Å². The zero-order chi connectivity index (χ0) is 18.8. The van der Waals surface area contributed by atoms with Gasteiger partial charge < -0.3 is 20.1 Å². The van der Waals surface area contributed by atoms with Crippen molar-refractivity contribution in [2.75, 3.05) is 27.3 Å². The van der Waals surface area contributed by atoms with Crippen LogP contribution in [0.5, 0.6) is 11.5 Å². The highest BCUT2D eigenvalue weighted by Crippen LogP contribution is 2.27. The molecule has 0 saturated heterocycles. The number of hydrogen-bond acceptors (Lipinski definition) is 4. The molecule has 0 aliphatic carbocycles. The molecule has 6 heteroatoms. The van der Waals surface area contributed by atoms with Gasteiger partial charge in [0, 0.05) is 25.1 Å². The van der Waals surface area contributed by atoms with E-state index in [0.29, 0.717) is 43.0 Å². The van der Waals surface area contributed by atoms with Crippen LogP contribution in [0.25, 0.3) is 0 Å². The average molecular weight is 356 g/mol. The molecule has 0 aromatic heterocycles. The van der Waals surface area contributed by atoms with Crippen molar-refractivity contribution in [1.29, 1.82) is 0 Å². The fourth-order valence-corrected chi connectivity index (χ4v) is 2.45. The van der Waals surface area contributed by atoms with Gasteiger partial charge >= 0.3 is 0 Å². The Morgan fingerprint density at radius 3 is 2.27 bits per heavy atom. The van der Waals surface area contributed by atoms with Crippen molar-refractivity contribution in [3.63, 3.8) is 0 Å². The summed E-state index contributed by atoms with van der Waals surface area (Å²) in [5, 5.41) is 5.57. The van der Waals surface area contributed by atoms with Crippen LogP contribution in [0.3, 0.4) is 0 Å². The molecule has 2 rings (SSSR count). The van der Waals surface area contributed by atoms with Crippen molar-refractivity contribution in [2.24, 2.45) is 0 Å². The Labute approximate surface area is 153 Å². The lowest BCUT2D eigenvalue weighted by atomic mass is 10.1. The van der Waals surface area contributed by atoms with Gasteiger partial charge in [0.25, 0.3) is 5.91 Å². The van der Waals surface area contributed by atoms with Crippen LogP contribution in [0.1, 0.15) is 22.3 Å². The Balaban J connectivity index is 1.68. The quantitative estimate of drug-likeness (QED) is 0.675. The van der Waals surface area contributed by atoms with E-state index in [0.717, 1.165) is 5.56 Å². The van der Waals surface area contributed by atoms with E-state index in [1.165, 1.54) is 0 Å². The number of carbonyl (C=O) groups is 2. The van der Waals surface area contributed by atoms with Crippen molar-refractivity contribution in [3.05, 3.63) is 59.7 Å². The molecule has 0 radical (unpaired) electrons. The first-order chi connectivity index (χ1) is 12.6. The lowest BCUT2D eigenvalue weighted by molar-refractivity contribution is -0.121. The Bertz CT molecular complexity index is 732. The highest BCUT2D eigenvalue weighted by molar-refractivity contribution is 5.94. The van der Waals surface area contributed by atoms with Crippen LogP contribution < -0.4 is 20.1 Å². The van der Waals surface area contributed by atoms with E-state index in [1.807, 2.05) is 36.4 Å². The monoisotopic (exact) mass is 356 g/mol. The van der Waals surface area contributed by atoms with Crippen LogP contribution in [0.2, 0.25) is 0 Å². The van der Waals surface area contributed by atoms with Crippen molar-refractivity contribution in [1.82, 2.24) is 10.6 Å². The molecule has 6 nitrogen and oxygen atoms in total. The van der Waals surface area contributed by atoms with Gasteiger partial charge in [-0.15, -0.1) is 0 Å². The van der Waals surface area contributed by atoms with Gasteiger partial charge in [0.05, 0.1) is 14.2 Å². The van der Waals surface area contributed by atoms with Gasteiger partial charge in [0.15, 0.2) is 11.5 Å². The SMILES string of the molecule is COc1ccc(CCC(=O)NCCNC(=O)c2ccccc2)cc1OC. The summed E-state index contributed by atoms with van der Waals surface area (Å²) in [5.74, 6) is 1.10. The molecule has 0 atom stereocenters. The third-order valence-corrected chi connectivity index (χ3v) is 3.86. The van der Waals surface area contributed by atoms with E-state index < -0.39 is 0 Å². The highest BCUT2D eigenvalue weighted by atomic mass is 16.5. The first-order valence-electron chi connectivity index (χ1n) is 8.45. The zero-order valence-electron chi connectivity index (χ0n) is 15.1. The largest absolute Gasteiger partial charge is 0.493 e. The maximum Gasteiger partial charge on any atom is 0.251 e. The third-order valence-electron chi connectivity index (χ3n) is 3.86. The highest BCUT2D eigenvalue weighted by Gasteiger charge is 2.07. The average Bonchev–Trinajstić information content (AvgIpc) is 2.69. The smallest absolute Gasteiger partial charge is 0.251 e. The van der Waals surface area contributed by atoms with Crippen LogP contribution in [-0.4, -0.2) is 39.1 Å². The number of benzene rings is 2. The number of carbonyl (C=O) groups excluding carboxylic acids is 2. The summed E-state index contributed by atoms with van der Waals surface area (Å²) in [7, 11) is 3.17. The zero-order valence-corrected chi connectivity index (χ0v) is 15.1. The van der Waals surface area contributed by atoms with Gasteiger partial charge in [-0.1, -0.05) is 24.3 Å². The second-order valence-electron chi connectivity index (χ2n) is 5.66. The Kier molecular flexibility index (Phi) is 7.49. The minimum absolute atomic E-state index is 0.0613. The van der Waals surface area contributed by atoms with Crippen LogP contribution in [0, 0.1) is 0 Å². The second kappa shape index (κ2) is 10.1. The molecule has 2 amide bonds. The molecule has 0 bridgehead atoms. The van der Waals surface area contributed by atoms with E-state index in [4.69, 9.17) is 9.47 Å². The van der Waals surface area contributed by atoms with Gasteiger partial charge in [-0.05, 0) is 36.2 Å². The number of amides is 2. The van der Waals surface area contributed by atoms with Crippen LogP contribution in [0.4, 0.5) is 0 Å². The fraction of sp³-hybridized carbons (Fsp3) is 0.300. The molecule has 26 heavy (non-hydrogen) atoms. The summed E-state index contributed by atoms with van der Waals surface area (Å²) < 4.78 is 10.5. The lowest BCUT2D eigenvalue weighted by Crippen LogP contribution is -2.34. The summed E-state index contributed by atoms with van der Waals surface area (Å²) in [6.45, 7) is 0.777. The van der Waals surface area contributed by atoms with Gasteiger partial charge in [-0.25, -0.2) is 0 Å². The number of nitrogens with one attached hydrogen (secondary N) is 2. The molecule has 138 valence electrons. The molecule has 0 fully saturated rings. The lowest BCUT2D eigenvalue weighted by Gasteiger charge is -2.10. The second-order valence-corrected chi connectivity index (χ2v) is 5.66. The van der Waals surface area contributed by atoms with E-state index in [1.54, 1.807) is 26.4 Å². The summed E-state index contributed by atoms with van der Waals surface area (Å²) >= 11 is 0. The van der Waals surface area contributed by atoms with E-state index in [2.05, 4.69) is 10.6 Å². The van der Waals surface area contributed by atoms with Crippen molar-refractivity contribution in [3.8, 4) is 11.5 Å². The topological polar surface area (TPSA) is 76.7 Å². The molecule has 2 aromatic rings. The Hall–Kier alpha value is -3.02. The predicted octanol–water partition coefficient (Wildman–Crippen LogP) is 2.18. The number of rotatable bonds is 9. The minimum Gasteiger partial charge on any atom is -0.493 e. The normalized spacial score (nSPS) is 10.1. The Morgan fingerprint density at radius 1 is 0.885 bits per heavy atom. The molecule has 0 aliphatic rings. The number of methoxy groups -OCH3 is 2. The standard InChI is InChI=1S/C20H24N2O4/c1-25-17-10-8-15(14-18(17)26-2)9-11-19(23)21-12-13-22-20(24)16-6-4-3-5-7-16/h3-8,10,14H,9,11-13H2,1-2H3,(H,21,23)(H,22,24). The molecule has 2 aromatic carbocycles. The minimum atomic E-state index is -0.148. The third kappa shape index (κ3) is 5.81. The van der Waals surface area contributed by atoms with Gasteiger partial charge in [0.1, 0.15) is 0 Å². The first-order valence-corrected chi connectivity index (χ1v) is 8.45.